The lowest BCUT2D eigenvalue weighted by molar-refractivity contribution is 0.315. The molecule has 3 heteroatoms. The number of hydrogen-bond donors (Lipinski definition) is 0. The topological polar surface area (TPSA) is 17.8 Å². The van der Waals surface area contributed by atoms with Crippen LogP contribution in [0.2, 0.25) is 0 Å². The van der Waals surface area contributed by atoms with Gasteiger partial charge in [-0.05, 0) is 30.2 Å². The summed E-state index contributed by atoms with van der Waals surface area (Å²) in [4.78, 5) is 0. The van der Waals surface area contributed by atoms with Crippen molar-refractivity contribution in [3.05, 3.63) is 18.0 Å². The number of nitrogens with zero attached hydrogens (tertiary/aromatic N) is 2. The molecule has 1 aromatic heterocycles. The summed E-state index contributed by atoms with van der Waals surface area (Å²) in [6, 6.07) is 0. The first-order chi connectivity index (χ1) is 7.09. The van der Waals surface area contributed by atoms with Crippen LogP contribution in [-0.4, -0.2) is 15.1 Å². The molecule has 0 N–H and O–H groups in total. The molecule has 0 saturated carbocycles. The third-order valence-corrected chi connectivity index (χ3v) is 4.31. The fourth-order valence-electron chi connectivity index (χ4n) is 1.91. The minimum absolute atomic E-state index is 0.435. The lowest BCUT2D eigenvalue weighted by Crippen LogP contribution is -2.18. The van der Waals surface area contributed by atoms with Gasteiger partial charge in [-0.2, -0.15) is 5.10 Å². The van der Waals surface area contributed by atoms with Crippen LogP contribution < -0.4 is 0 Å². The molecule has 0 saturated heterocycles. The van der Waals surface area contributed by atoms with Gasteiger partial charge in [0.15, 0.2) is 0 Å². The van der Waals surface area contributed by atoms with Crippen molar-refractivity contribution in [3.63, 3.8) is 0 Å². The highest BCUT2D eigenvalue weighted by atomic mass is 79.9. The first kappa shape index (κ1) is 12.8. The van der Waals surface area contributed by atoms with Crippen LogP contribution in [-0.2, 0) is 13.5 Å². The van der Waals surface area contributed by atoms with E-state index in [1.54, 1.807) is 0 Å². The van der Waals surface area contributed by atoms with Gasteiger partial charge < -0.3 is 0 Å². The van der Waals surface area contributed by atoms with Gasteiger partial charge >= 0.3 is 0 Å². The van der Waals surface area contributed by atoms with Crippen LogP contribution in [0.1, 0.15) is 38.7 Å². The molecular formula is C12H21BrN2. The first-order valence-electron chi connectivity index (χ1n) is 5.63. The van der Waals surface area contributed by atoms with E-state index < -0.39 is 0 Å². The highest BCUT2D eigenvalue weighted by molar-refractivity contribution is 9.09. The molecule has 0 bridgehead atoms. The van der Waals surface area contributed by atoms with Crippen LogP contribution in [0.3, 0.4) is 0 Å². The average Bonchev–Trinajstić information content (AvgIpc) is 2.62. The Labute approximate surface area is 101 Å². The van der Waals surface area contributed by atoms with E-state index in [0.29, 0.717) is 5.41 Å². The van der Waals surface area contributed by atoms with Crippen molar-refractivity contribution < 1.29 is 0 Å². The molecule has 15 heavy (non-hydrogen) atoms. The van der Waals surface area contributed by atoms with E-state index in [1.165, 1.54) is 24.8 Å². The fourth-order valence-corrected chi connectivity index (χ4v) is 2.47. The molecule has 0 aliphatic carbocycles. The van der Waals surface area contributed by atoms with Crippen molar-refractivity contribution in [1.82, 2.24) is 9.78 Å². The van der Waals surface area contributed by atoms with Crippen molar-refractivity contribution in [2.24, 2.45) is 12.5 Å². The molecule has 1 unspecified atom stereocenters. The second-order valence-electron chi connectivity index (χ2n) is 4.72. The molecular weight excluding hydrogens is 252 g/mol. The first-order valence-corrected chi connectivity index (χ1v) is 6.75. The quantitative estimate of drug-likeness (QED) is 0.725. The summed E-state index contributed by atoms with van der Waals surface area (Å²) < 4.78 is 1.88. The van der Waals surface area contributed by atoms with Gasteiger partial charge in [0.05, 0.1) is 6.20 Å². The number of halogens is 1. The van der Waals surface area contributed by atoms with Gasteiger partial charge in [-0.3, -0.25) is 4.68 Å². The minimum atomic E-state index is 0.435. The van der Waals surface area contributed by atoms with Gasteiger partial charge in [-0.25, -0.2) is 0 Å². The molecule has 2 nitrogen and oxygen atoms in total. The van der Waals surface area contributed by atoms with Crippen molar-refractivity contribution >= 4 is 15.9 Å². The molecule has 0 aromatic carbocycles. The Hall–Kier alpha value is -0.310. The van der Waals surface area contributed by atoms with Crippen molar-refractivity contribution in [2.75, 3.05) is 5.33 Å². The van der Waals surface area contributed by atoms with Gasteiger partial charge in [0.1, 0.15) is 0 Å². The lowest BCUT2D eigenvalue weighted by atomic mass is 9.82. The molecule has 0 fully saturated rings. The van der Waals surface area contributed by atoms with Crippen LogP contribution in [0.4, 0.5) is 0 Å². The molecule has 0 radical (unpaired) electrons. The summed E-state index contributed by atoms with van der Waals surface area (Å²) in [5.74, 6) is 0. The minimum Gasteiger partial charge on any atom is -0.276 e. The summed E-state index contributed by atoms with van der Waals surface area (Å²) >= 11 is 3.63. The smallest absolute Gasteiger partial charge is 0.0521 e. The molecule has 0 aliphatic heterocycles. The molecule has 1 atom stereocenters. The predicted molar refractivity (Wildman–Crippen MR) is 68.3 cm³/mol. The van der Waals surface area contributed by atoms with E-state index in [0.717, 1.165) is 11.8 Å². The summed E-state index contributed by atoms with van der Waals surface area (Å²) in [5, 5.41) is 5.29. The van der Waals surface area contributed by atoms with Gasteiger partial charge in [0, 0.05) is 18.6 Å². The molecule has 0 spiro atoms. The predicted octanol–water partition coefficient (Wildman–Crippen LogP) is 3.55. The van der Waals surface area contributed by atoms with Crippen LogP contribution >= 0.6 is 15.9 Å². The van der Waals surface area contributed by atoms with E-state index in [2.05, 4.69) is 41.1 Å². The fraction of sp³-hybridized carbons (Fsp3) is 0.750. The Kier molecular flexibility index (Phi) is 4.84. The summed E-state index contributed by atoms with van der Waals surface area (Å²) in [5.41, 5.74) is 1.78. The monoisotopic (exact) mass is 272 g/mol. The van der Waals surface area contributed by atoms with Crippen LogP contribution in [0.25, 0.3) is 0 Å². The third kappa shape index (κ3) is 3.98. The Bertz CT molecular complexity index is 296. The molecule has 0 aliphatic rings. The Morgan fingerprint density at radius 1 is 1.47 bits per heavy atom. The maximum absolute atomic E-state index is 4.19. The highest BCUT2D eigenvalue weighted by Gasteiger charge is 2.21. The molecule has 86 valence electrons. The Morgan fingerprint density at radius 3 is 2.67 bits per heavy atom. The normalized spacial score (nSPS) is 15.2. The van der Waals surface area contributed by atoms with Crippen molar-refractivity contribution in [2.45, 2.75) is 39.5 Å². The molecule has 0 amide bonds. The maximum atomic E-state index is 4.19. The third-order valence-electron chi connectivity index (χ3n) is 2.95. The van der Waals surface area contributed by atoms with Gasteiger partial charge in [-0.1, -0.05) is 36.2 Å². The lowest BCUT2D eigenvalue weighted by Gasteiger charge is -2.26. The second-order valence-corrected chi connectivity index (χ2v) is 5.28. The van der Waals surface area contributed by atoms with Gasteiger partial charge in [0.2, 0.25) is 0 Å². The number of aryl methyl sites for hydroxylation is 2. The Morgan fingerprint density at radius 2 is 2.20 bits per heavy atom. The SMILES string of the molecule is CCCC(C)(CBr)CCc1cnn(C)c1. The van der Waals surface area contributed by atoms with Crippen LogP contribution in [0, 0.1) is 5.41 Å². The zero-order valence-corrected chi connectivity index (χ0v) is 11.5. The number of aromatic nitrogens is 2. The van der Waals surface area contributed by atoms with Crippen molar-refractivity contribution in [3.8, 4) is 0 Å². The second kappa shape index (κ2) is 5.69. The molecule has 1 heterocycles. The zero-order chi connectivity index (χ0) is 11.3. The summed E-state index contributed by atoms with van der Waals surface area (Å²) in [6.07, 6.45) is 9.00. The molecule has 1 aromatic rings. The van der Waals surface area contributed by atoms with E-state index >= 15 is 0 Å². The van der Waals surface area contributed by atoms with E-state index in [9.17, 15) is 0 Å². The van der Waals surface area contributed by atoms with E-state index in [4.69, 9.17) is 0 Å². The largest absolute Gasteiger partial charge is 0.276 e. The van der Waals surface area contributed by atoms with E-state index in [1.807, 2.05) is 17.9 Å². The standard InChI is InChI=1S/C12H21BrN2/c1-4-6-12(2,10-13)7-5-11-8-14-15(3)9-11/h8-9H,4-7,10H2,1-3H3. The maximum Gasteiger partial charge on any atom is 0.0521 e. The number of rotatable bonds is 6. The highest BCUT2D eigenvalue weighted by Crippen LogP contribution is 2.31. The average molecular weight is 273 g/mol. The number of alkyl halides is 1. The van der Waals surface area contributed by atoms with Crippen LogP contribution in [0.5, 0.6) is 0 Å². The van der Waals surface area contributed by atoms with Crippen molar-refractivity contribution in [1.29, 1.82) is 0 Å². The van der Waals surface area contributed by atoms with Gasteiger partial charge in [0.25, 0.3) is 0 Å². The summed E-state index contributed by atoms with van der Waals surface area (Å²) in [7, 11) is 1.97. The zero-order valence-electron chi connectivity index (χ0n) is 9.96. The molecule has 1 rings (SSSR count). The Balaban J connectivity index is 2.47. The van der Waals surface area contributed by atoms with E-state index in [-0.39, 0.29) is 0 Å². The van der Waals surface area contributed by atoms with Gasteiger partial charge in [-0.15, -0.1) is 0 Å². The number of hydrogen-bond acceptors (Lipinski definition) is 1. The summed E-state index contributed by atoms with van der Waals surface area (Å²) in [6.45, 7) is 4.62. The van der Waals surface area contributed by atoms with Crippen LogP contribution in [0.15, 0.2) is 12.4 Å².